The summed E-state index contributed by atoms with van der Waals surface area (Å²) in [5.41, 5.74) is 0.411. The zero-order valence-electron chi connectivity index (χ0n) is 14.4. The van der Waals surface area contributed by atoms with Gasteiger partial charge in [0.2, 0.25) is 0 Å². The van der Waals surface area contributed by atoms with E-state index in [1.807, 2.05) is 23.5 Å². The van der Waals surface area contributed by atoms with E-state index < -0.39 is 0 Å². The molecule has 1 spiro atoms. The van der Waals surface area contributed by atoms with Gasteiger partial charge in [0.05, 0.1) is 18.2 Å². The molecule has 2 aliphatic rings. The summed E-state index contributed by atoms with van der Waals surface area (Å²) in [5.74, 6) is 0.758. The van der Waals surface area contributed by atoms with Crippen LogP contribution in [0.15, 0.2) is 30.3 Å². The minimum atomic E-state index is -0.0309. The summed E-state index contributed by atoms with van der Waals surface area (Å²) < 4.78 is 6.22. The second kappa shape index (κ2) is 6.75. The Labute approximate surface area is 152 Å². The molecule has 5 nitrogen and oxygen atoms in total. The van der Waals surface area contributed by atoms with Crippen molar-refractivity contribution < 1.29 is 4.74 Å². The molecule has 1 N–H and O–H groups in total. The van der Waals surface area contributed by atoms with Gasteiger partial charge >= 0.3 is 0 Å². The van der Waals surface area contributed by atoms with Gasteiger partial charge in [0.15, 0.2) is 0 Å². The minimum absolute atomic E-state index is 0.0309. The maximum Gasteiger partial charge on any atom is 0.142 e. The summed E-state index contributed by atoms with van der Waals surface area (Å²) in [6.07, 6.45) is 2.08. The summed E-state index contributed by atoms with van der Waals surface area (Å²) >= 11 is 1.88. The van der Waals surface area contributed by atoms with Crippen LogP contribution in [-0.4, -0.2) is 41.2 Å². The van der Waals surface area contributed by atoms with E-state index in [4.69, 9.17) is 10.00 Å². The third-order valence-corrected chi connectivity index (χ3v) is 5.98. The van der Waals surface area contributed by atoms with Crippen molar-refractivity contribution in [1.82, 2.24) is 9.88 Å². The van der Waals surface area contributed by atoms with Gasteiger partial charge in [-0.15, -0.1) is 11.3 Å². The van der Waals surface area contributed by atoms with Crippen molar-refractivity contribution in [1.29, 1.82) is 5.26 Å². The van der Waals surface area contributed by atoms with Crippen molar-refractivity contribution >= 4 is 17.2 Å². The molecular weight excluding hydrogens is 332 g/mol. The molecule has 0 saturated carbocycles. The highest BCUT2D eigenvalue weighted by Crippen LogP contribution is 2.37. The Hall–Kier alpha value is -1.94. The fourth-order valence-corrected chi connectivity index (χ4v) is 4.79. The average molecular weight is 354 g/mol. The fraction of sp³-hybridized carbons (Fsp3) is 0.474. The summed E-state index contributed by atoms with van der Waals surface area (Å²) in [7, 11) is 0. The van der Waals surface area contributed by atoms with Crippen LogP contribution in [0.25, 0.3) is 0 Å². The van der Waals surface area contributed by atoms with Crippen LogP contribution in [-0.2, 0) is 11.3 Å². The Kier molecular flexibility index (Phi) is 4.46. The number of pyridine rings is 1. The van der Waals surface area contributed by atoms with Crippen LogP contribution >= 0.6 is 11.3 Å². The first-order valence-electron chi connectivity index (χ1n) is 8.69. The second-order valence-corrected chi connectivity index (χ2v) is 8.40. The van der Waals surface area contributed by atoms with E-state index in [0.717, 1.165) is 38.3 Å². The van der Waals surface area contributed by atoms with E-state index in [2.05, 4.69) is 40.3 Å². The maximum absolute atomic E-state index is 8.97. The van der Waals surface area contributed by atoms with Gasteiger partial charge < -0.3 is 10.1 Å². The number of hydrogen-bond donors (Lipinski definition) is 1. The van der Waals surface area contributed by atoms with Gasteiger partial charge in [-0.2, -0.15) is 5.26 Å². The molecular formula is C19H22N4OS. The molecule has 2 atom stereocenters. The zero-order valence-corrected chi connectivity index (χ0v) is 15.2. The van der Waals surface area contributed by atoms with Crippen LogP contribution in [0.5, 0.6) is 0 Å². The number of anilines is 1. The lowest BCUT2D eigenvalue weighted by Gasteiger charge is -2.23. The number of hydrogen-bond acceptors (Lipinski definition) is 6. The lowest BCUT2D eigenvalue weighted by atomic mass is 9.97. The Morgan fingerprint density at radius 2 is 2.36 bits per heavy atom. The van der Waals surface area contributed by atoms with E-state index in [0.29, 0.717) is 12.3 Å². The first-order valence-corrected chi connectivity index (χ1v) is 9.51. The monoisotopic (exact) mass is 354 g/mol. The van der Waals surface area contributed by atoms with E-state index in [-0.39, 0.29) is 11.6 Å². The molecule has 0 aromatic carbocycles. The molecule has 25 heavy (non-hydrogen) atoms. The minimum Gasteiger partial charge on any atom is -0.371 e. The van der Waals surface area contributed by atoms with Crippen molar-refractivity contribution in [3.8, 4) is 6.07 Å². The first kappa shape index (κ1) is 16.5. The van der Waals surface area contributed by atoms with Crippen molar-refractivity contribution in [2.24, 2.45) is 0 Å². The largest absolute Gasteiger partial charge is 0.371 e. The number of nitriles is 1. The average Bonchev–Trinajstić information content (AvgIpc) is 3.31. The van der Waals surface area contributed by atoms with E-state index in [1.165, 1.54) is 9.75 Å². The Bertz CT molecular complexity index is 799. The molecule has 0 unspecified atom stereocenters. The van der Waals surface area contributed by atoms with Crippen LogP contribution < -0.4 is 5.32 Å². The first-order chi connectivity index (χ1) is 12.1. The van der Waals surface area contributed by atoms with Crippen molar-refractivity contribution in [2.45, 2.75) is 38.0 Å². The predicted octanol–water partition coefficient (Wildman–Crippen LogP) is 3.17. The number of nitrogens with one attached hydrogen (secondary N) is 1. The number of likely N-dealkylation sites (tertiary alicyclic amines) is 1. The molecule has 6 heteroatoms. The number of rotatable bonds is 4. The molecule has 0 aliphatic carbocycles. The van der Waals surface area contributed by atoms with Crippen LogP contribution in [0.3, 0.4) is 0 Å². The molecule has 0 bridgehead atoms. The Morgan fingerprint density at radius 1 is 1.44 bits per heavy atom. The van der Waals surface area contributed by atoms with E-state index in [9.17, 15) is 0 Å². The predicted molar refractivity (Wildman–Crippen MR) is 98.6 cm³/mol. The van der Waals surface area contributed by atoms with Gasteiger partial charge in [-0.05, 0) is 37.6 Å². The van der Waals surface area contributed by atoms with Gasteiger partial charge in [-0.1, -0.05) is 6.07 Å². The summed E-state index contributed by atoms with van der Waals surface area (Å²) in [6.45, 7) is 5.96. The zero-order chi connectivity index (χ0) is 17.3. The van der Waals surface area contributed by atoms with Crippen molar-refractivity contribution in [2.75, 3.05) is 25.0 Å². The number of ether oxygens (including phenoxy) is 1. The smallest absolute Gasteiger partial charge is 0.142 e. The lowest BCUT2D eigenvalue weighted by Crippen LogP contribution is -2.33. The van der Waals surface area contributed by atoms with Crippen LogP contribution in [0.4, 0.5) is 5.82 Å². The number of aromatic nitrogens is 1. The second-order valence-electron chi connectivity index (χ2n) is 7.03. The van der Waals surface area contributed by atoms with E-state index >= 15 is 0 Å². The maximum atomic E-state index is 8.97. The van der Waals surface area contributed by atoms with Gasteiger partial charge in [0.1, 0.15) is 17.6 Å². The molecule has 4 rings (SSSR count). The third-order valence-electron chi connectivity index (χ3n) is 5.00. The Morgan fingerprint density at radius 3 is 3.16 bits per heavy atom. The van der Waals surface area contributed by atoms with Gasteiger partial charge in [-0.25, -0.2) is 4.98 Å². The van der Waals surface area contributed by atoms with Crippen LogP contribution in [0.1, 0.15) is 28.3 Å². The summed E-state index contributed by atoms with van der Waals surface area (Å²) in [4.78, 5) is 9.61. The highest BCUT2D eigenvalue weighted by molar-refractivity contribution is 7.11. The third kappa shape index (κ3) is 3.69. The van der Waals surface area contributed by atoms with Crippen LogP contribution in [0, 0.1) is 18.3 Å². The molecule has 4 heterocycles. The lowest BCUT2D eigenvalue weighted by molar-refractivity contribution is 0.0120. The van der Waals surface area contributed by atoms with Crippen molar-refractivity contribution in [3.05, 3.63) is 45.8 Å². The van der Waals surface area contributed by atoms with Gasteiger partial charge in [-0.3, -0.25) is 4.90 Å². The molecule has 2 aromatic rings. The van der Waals surface area contributed by atoms with Crippen LogP contribution in [0.2, 0.25) is 0 Å². The van der Waals surface area contributed by atoms with Gasteiger partial charge in [0.25, 0.3) is 0 Å². The summed E-state index contributed by atoms with van der Waals surface area (Å²) in [5, 5.41) is 12.4. The number of nitrogens with zero attached hydrogens (tertiary/aromatic N) is 3. The number of aryl methyl sites for hydroxylation is 1. The number of thiophene rings is 1. The van der Waals surface area contributed by atoms with E-state index in [1.54, 1.807) is 6.07 Å². The Balaban J connectivity index is 1.35. The molecule has 2 saturated heterocycles. The topological polar surface area (TPSA) is 61.2 Å². The highest BCUT2D eigenvalue weighted by Gasteiger charge is 2.45. The highest BCUT2D eigenvalue weighted by atomic mass is 32.1. The van der Waals surface area contributed by atoms with Gasteiger partial charge in [0, 0.05) is 35.8 Å². The molecule has 0 radical (unpaired) electrons. The van der Waals surface area contributed by atoms with Crippen molar-refractivity contribution in [3.63, 3.8) is 0 Å². The molecule has 0 amide bonds. The summed E-state index contributed by atoms with van der Waals surface area (Å²) in [6, 6.07) is 12.3. The SMILES string of the molecule is Cc1ccc(CN2CC[C@]3(C[C@@H](Nc4cccc(C#N)n4)CO3)C2)s1. The standard InChI is InChI=1S/C19H22N4OS/c1-14-5-6-17(25-14)11-23-8-7-19(13-23)9-16(12-24-19)22-18-4-2-3-15(10-20)21-18/h2-6,16H,7-9,11-13H2,1H3,(H,21,22)/t16-,19+/m1/s1. The molecule has 2 aromatic heterocycles. The molecule has 2 fully saturated rings. The molecule has 130 valence electrons. The normalized spacial score (nSPS) is 26.2. The quantitative estimate of drug-likeness (QED) is 0.914. The molecule has 2 aliphatic heterocycles. The fourth-order valence-electron chi connectivity index (χ4n) is 3.86.